The molecule has 2 heterocycles. The predicted octanol–water partition coefficient (Wildman–Crippen LogP) is 4.43. The molecular weight excluding hydrogens is 300 g/mol. The van der Waals surface area contributed by atoms with Gasteiger partial charge in [0.15, 0.2) is 4.34 Å². The molecule has 114 valence electrons. The van der Waals surface area contributed by atoms with E-state index in [0.717, 1.165) is 38.8 Å². The summed E-state index contributed by atoms with van der Waals surface area (Å²) in [7, 11) is 0. The second-order valence-corrected chi connectivity index (χ2v) is 8.06. The predicted molar refractivity (Wildman–Crippen MR) is 90.6 cm³/mol. The molecular formula is C15H22N4S2. The van der Waals surface area contributed by atoms with E-state index in [0.29, 0.717) is 0 Å². The van der Waals surface area contributed by atoms with Crippen molar-refractivity contribution in [2.24, 2.45) is 0 Å². The minimum atomic E-state index is -0.0774. The lowest BCUT2D eigenvalue weighted by atomic mass is 9.95. The van der Waals surface area contributed by atoms with Gasteiger partial charge >= 0.3 is 0 Å². The molecule has 2 aromatic rings. The fourth-order valence-electron chi connectivity index (χ4n) is 1.73. The lowest BCUT2D eigenvalue weighted by Gasteiger charge is -2.20. The Labute approximate surface area is 134 Å². The molecule has 0 bridgehead atoms. The monoisotopic (exact) mass is 322 g/mol. The number of nitrogens with one attached hydrogen (secondary N) is 1. The Morgan fingerprint density at radius 1 is 1.19 bits per heavy atom. The van der Waals surface area contributed by atoms with E-state index in [-0.39, 0.29) is 5.41 Å². The van der Waals surface area contributed by atoms with Crippen molar-refractivity contribution >= 4 is 28.9 Å². The largest absolute Gasteiger partial charge is 0.370 e. The van der Waals surface area contributed by atoms with Gasteiger partial charge in [-0.15, -0.1) is 11.3 Å². The first-order valence-corrected chi connectivity index (χ1v) is 8.74. The van der Waals surface area contributed by atoms with Crippen molar-refractivity contribution in [3.8, 4) is 0 Å². The molecule has 0 aliphatic carbocycles. The van der Waals surface area contributed by atoms with Crippen LogP contribution in [0.3, 0.4) is 0 Å². The van der Waals surface area contributed by atoms with Gasteiger partial charge in [-0.05, 0) is 32.5 Å². The summed E-state index contributed by atoms with van der Waals surface area (Å²) in [6, 6.07) is 0. The summed E-state index contributed by atoms with van der Waals surface area (Å²) in [5.41, 5.74) is 2.06. The van der Waals surface area contributed by atoms with E-state index in [4.69, 9.17) is 4.98 Å². The van der Waals surface area contributed by atoms with Crippen LogP contribution in [0.25, 0.3) is 0 Å². The lowest BCUT2D eigenvalue weighted by Crippen LogP contribution is -2.18. The number of hydrogen-bond donors (Lipinski definition) is 1. The van der Waals surface area contributed by atoms with Crippen LogP contribution in [0.4, 0.5) is 5.82 Å². The van der Waals surface area contributed by atoms with Crippen LogP contribution in [0.15, 0.2) is 14.7 Å². The van der Waals surface area contributed by atoms with E-state index < -0.39 is 0 Å². The number of anilines is 1. The van der Waals surface area contributed by atoms with Crippen LogP contribution < -0.4 is 5.32 Å². The zero-order valence-electron chi connectivity index (χ0n) is 13.4. The molecule has 0 saturated heterocycles. The van der Waals surface area contributed by atoms with E-state index in [9.17, 15) is 0 Å². The molecule has 1 N–H and O–H groups in total. The number of aromatic nitrogens is 3. The molecule has 0 unspecified atom stereocenters. The standard InChI is InChI=1S/C15H22N4S2/c1-7-16-11-10(3)12(19-13(18-11)15(4,5)6)21-14-17-9(2)8-20-14/h8H,7H2,1-6H3,(H,16,18,19). The Balaban J connectivity index is 2.45. The summed E-state index contributed by atoms with van der Waals surface area (Å²) in [6.07, 6.45) is 0. The maximum absolute atomic E-state index is 4.77. The molecule has 2 rings (SSSR count). The van der Waals surface area contributed by atoms with Crippen LogP contribution in [0.1, 0.15) is 44.8 Å². The third-order valence-corrected chi connectivity index (χ3v) is 5.05. The van der Waals surface area contributed by atoms with Gasteiger partial charge in [-0.1, -0.05) is 20.8 Å². The van der Waals surface area contributed by atoms with E-state index in [1.54, 1.807) is 23.1 Å². The first-order chi connectivity index (χ1) is 9.81. The van der Waals surface area contributed by atoms with E-state index in [2.05, 4.69) is 55.3 Å². The lowest BCUT2D eigenvalue weighted by molar-refractivity contribution is 0.538. The van der Waals surface area contributed by atoms with Crippen molar-refractivity contribution in [3.63, 3.8) is 0 Å². The Morgan fingerprint density at radius 3 is 2.43 bits per heavy atom. The van der Waals surface area contributed by atoms with Gasteiger partial charge in [-0.25, -0.2) is 15.0 Å². The van der Waals surface area contributed by atoms with Crippen LogP contribution in [0, 0.1) is 13.8 Å². The smallest absolute Gasteiger partial charge is 0.156 e. The van der Waals surface area contributed by atoms with E-state index >= 15 is 0 Å². The van der Waals surface area contributed by atoms with Gasteiger partial charge in [-0.2, -0.15) is 0 Å². The van der Waals surface area contributed by atoms with Gasteiger partial charge in [0, 0.05) is 28.6 Å². The van der Waals surface area contributed by atoms with Crippen LogP contribution in [0.2, 0.25) is 0 Å². The first kappa shape index (κ1) is 16.2. The van der Waals surface area contributed by atoms with Crippen LogP contribution in [-0.4, -0.2) is 21.5 Å². The van der Waals surface area contributed by atoms with Crippen molar-refractivity contribution < 1.29 is 0 Å². The van der Waals surface area contributed by atoms with Gasteiger partial charge < -0.3 is 5.32 Å². The molecule has 0 radical (unpaired) electrons. The number of thiazole rings is 1. The highest BCUT2D eigenvalue weighted by molar-refractivity contribution is 8.01. The minimum Gasteiger partial charge on any atom is -0.370 e. The Bertz CT molecular complexity index is 629. The zero-order valence-corrected chi connectivity index (χ0v) is 15.1. The fourth-order valence-corrected chi connectivity index (χ4v) is 3.56. The summed E-state index contributed by atoms with van der Waals surface area (Å²) in [5, 5.41) is 6.39. The maximum atomic E-state index is 4.77. The molecule has 0 amide bonds. The van der Waals surface area contributed by atoms with Gasteiger partial charge in [0.25, 0.3) is 0 Å². The van der Waals surface area contributed by atoms with Crippen molar-refractivity contribution in [1.82, 2.24) is 15.0 Å². The summed E-state index contributed by atoms with van der Waals surface area (Å²) < 4.78 is 1.02. The summed E-state index contributed by atoms with van der Waals surface area (Å²) in [5.74, 6) is 1.79. The Hall–Kier alpha value is -1.14. The average molecular weight is 323 g/mol. The molecule has 0 atom stereocenters. The first-order valence-electron chi connectivity index (χ1n) is 7.04. The average Bonchev–Trinajstić information content (AvgIpc) is 2.78. The third-order valence-electron chi connectivity index (χ3n) is 2.90. The normalized spacial score (nSPS) is 11.7. The van der Waals surface area contributed by atoms with Crippen molar-refractivity contribution in [2.45, 2.75) is 56.3 Å². The molecule has 0 aliphatic rings. The van der Waals surface area contributed by atoms with Crippen molar-refractivity contribution in [2.75, 3.05) is 11.9 Å². The topological polar surface area (TPSA) is 50.7 Å². The van der Waals surface area contributed by atoms with Gasteiger partial charge in [0.2, 0.25) is 0 Å². The molecule has 4 nitrogen and oxygen atoms in total. The third kappa shape index (κ3) is 3.95. The minimum absolute atomic E-state index is 0.0774. The number of nitrogens with zero attached hydrogens (tertiary/aromatic N) is 3. The molecule has 0 aliphatic heterocycles. The van der Waals surface area contributed by atoms with Crippen LogP contribution >= 0.6 is 23.1 Å². The highest BCUT2D eigenvalue weighted by Gasteiger charge is 2.21. The summed E-state index contributed by atoms with van der Waals surface area (Å²) >= 11 is 3.28. The Morgan fingerprint density at radius 2 is 1.90 bits per heavy atom. The second kappa shape index (κ2) is 6.32. The summed E-state index contributed by atoms with van der Waals surface area (Å²) in [4.78, 5) is 14.0. The maximum Gasteiger partial charge on any atom is 0.156 e. The second-order valence-electron chi connectivity index (χ2n) is 5.96. The fraction of sp³-hybridized carbons (Fsp3) is 0.533. The molecule has 6 heteroatoms. The SMILES string of the molecule is CCNc1nc(C(C)(C)C)nc(Sc2nc(C)cs2)c1C. The van der Waals surface area contributed by atoms with E-state index in [1.807, 2.05) is 6.92 Å². The molecule has 21 heavy (non-hydrogen) atoms. The van der Waals surface area contributed by atoms with Gasteiger partial charge in [0.1, 0.15) is 16.7 Å². The Kier molecular flexibility index (Phi) is 4.88. The highest BCUT2D eigenvalue weighted by Crippen LogP contribution is 2.34. The molecule has 0 spiro atoms. The molecule has 0 fully saturated rings. The van der Waals surface area contributed by atoms with Crippen LogP contribution in [-0.2, 0) is 5.41 Å². The van der Waals surface area contributed by atoms with Gasteiger partial charge in [0.05, 0.1) is 0 Å². The molecule has 0 aromatic carbocycles. The van der Waals surface area contributed by atoms with Crippen molar-refractivity contribution in [1.29, 1.82) is 0 Å². The van der Waals surface area contributed by atoms with Crippen molar-refractivity contribution in [3.05, 3.63) is 22.5 Å². The molecule has 2 aromatic heterocycles. The number of rotatable bonds is 4. The number of aryl methyl sites for hydroxylation is 1. The number of hydrogen-bond acceptors (Lipinski definition) is 6. The highest BCUT2D eigenvalue weighted by atomic mass is 32.2. The van der Waals surface area contributed by atoms with Gasteiger partial charge in [-0.3, -0.25) is 0 Å². The molecule has 0 saturated carbocycles. The van der Waals surface area contributed by atoms with E-state index in [1.165, 1.54) is 0 Å². The van der Waals surface area contributed by atoms with Crippen LogP contribution in [0.5, 0.6) is 0 Å². The quantitative estimate of drug-likeness (QED) is 0.844. The zero-order chi connectivity index (χ0) is 15.6. The summed E-state index contributed by atoms with van der Waals surface area (Å²) in [6.45, 7) is 13.4.